The Kier molecular flexibility index (Phi) is 7.33. The van der Waals surface area contributed by atoms with Gasteiger partial charge in [0.25, 0.3) is 11.9 Å². The van der Waals surface area contributed by atoms with Gasteiger partial charge in [-0.2, -0.15) is 4.98 Å². The van der Waals surface area contributed by atoms with Gasteiger partial charge in [0.2, 0.25) is 0 Å². The lowest BCUT2D eigenvalue weighted by molar-refractivity contribution is -0.158. The van der Waals surface area contributed by atoms with E-state index in [1.807, 2.05) is 29.2 Å². The van der Waals surface area contributed by atoms with Crippen LogP contribution >= 0.6 is 24.8 Å². The highest BCUT2D eigenvalue weighted by molar-refractivity contribution is 5.86. The van der Waals surface area contributed by atoms with Crippen LogP contribution in [0.5, 0.6) is 0 Å². The third-order valence-electron chi connectivity index (χ3n) is 5.31. The molecule has 0 atom stereocenters. The van der Waals surface area contributed by atoms with Crippen LogP contribution < -0.4 is 10.2 Å². The number of anilines is 1. The van der Waals surface area contributed by atoms with Crippen molar-refractivity contribution in [2.24, 2.45) is 0 Å². The van der Waals surface area contributed by atoms with Gasteiger partial charge in [-0.1, -0.05) is 12.1 Å². The molecular weight excluding hydrogens is 391 g/mol. The number of ether oxygens (including phenoxy) is 1. The molecule has 9 heteroatoms. The number of piperazine rings is 1. The minimum atomic E-state index is -0.662. The highest BCUT2D eigenvalue weighted by Gasteiger charge is 2.43. The van der Waals surface area contributed by atoms with E-state index in [4.69, 9.17) is 9.15 Å². The summed E-state index contributed by atoms with van der Waals surface area (Å²) in [4.78, 5) is 21.6. The zero-order chi connectivity index (χ0) is 17.3. The van der Waals surface area contributed by atoms with Crippen molar-refractivity contribution < 1.29 is 13.9 Å². The van der Waals surface area contributed by atoms with Gasteiger partial charge in [-0.05, 0) is 38.1 Å². The van der Waals surface area contributed by atoms with Crippen LogP contribution in [0.15, 0.2) is 28.7 Å². The summed E-state index contributed by atoms with van der Waals surface area (Å²) in [5, 5.41) is 3.29. The summed E-state index contributed by atoms with van der Waals surface area (Å²) >= 11 is 0. The van der Waals surface area contributed by atoms with Crippen molar-refractivity contribution in [3.8, 4) is 0 Å². The molecule has 7 nitrogen and oxygen atoms in total. The number of amides is 1. The van der Waals surface area contributed by atoms with Crippen molar-refractivity contribution in [3.63, 3.8) is 0 Å². The molecule has 2 aromatic rings. The van der Waals surface area contributed by atoms with Crippen molar-refractivity contribution in [2.45, 2.75) is 18.4 Å². The second-order valence-electron chi connectivity index (χ2n) is 6.69. The number of fused-ring (bicyclic) bond motifs is 1. The molecule has 1 amide bonds. The predicted octanol–water partition coefficient (Wildman–Crippen LogP) is 2.09. The molecule has 1 aromatic heterocycles. The number of para-hydroxylation sites is 2. The second-order valence-corrected chi connectivity index (χ2v) is 6.69. The van der Waals surface area contributed by atoms with E-state index in [0.29, 0.717) is 19.1 Å². The minimum absolute atomic E-state index is 0. The molecule has 0 radical (unpaired) electrons. The van der Waals surface area contributed by atoms with Gasteiger partial charge in [-0.15, -0.1) is 24.8 Å². The van der Waals surface area contributed by atoms with Crippen LogP contribution in [0.25, 0.3) is 11.1 Å². The number of nitrogens with one attached hydrogen (secondary N) is 1. The summed E-state index contributed by atoms with van der Waals surface area (Å²) in [6, 6.07) is 8.40. The molecule has 2 saturated heterocycles. The largest absolute Gasteiger partial charge is 0.423 e. The fourth-order valence-electron chi connectivity index (χ4n) is 3.72. The van der Waals surface area contributed by atoms with Gasteiger partial charge in [0.1, 0.15) is 11.1 Å². The predicted molar refractivity (Wildman–Crippen MR) is 109 cm³/mol. The first-order chi connectivity index (χ1) is 12.2. The smallest absolute Gasteiger partial charge is 0.298 e. The molecule has 2 fully saturated rings. The molecule has 1 N–H and O–H groups in total. The van der Waals surface area contributed by atoms with E-state index in [1.165, 1.54) is 0 Å². The number of halogens is 2. The van der Waals surface area contributed by atoms with Gasteiger partial charge >= 0.3 is 0 Å². The molecule has 0 spiro atoms. The molecule has 0 aliphatic carbocycles. The van der Waals surface area contributed by atoms with Crippen molar-refractivity contribution in [2.75, 3.05) is 51.3 Å². The van der Waals surface area contributed by atoms with E-state index < -0.39 is 5.60 Å². The molecule has 1 aromatic carbocycles. The summed E-state index contributed by atoms with van der Waals surface area (Å²) in [6.07, 6.45) is 1.46. The summed E-state index contributed by atoms with van der Waals surface area (Å²) in [6.45, 7) is 4.41. The summed E-state index contributed by atoms with van der Waals surface area (Å²) in [5.74, 6) is 0.119. The number of hydrogen-bond acceptors (Lipinski definition) is 6. The molecule has 0 bridgehead atoms. The van der Waals surface area contributed by atoms with Gasteiger partial charge in [-0.25, -0.2) is 0 Å². The Hall–Kier alpha value is -1.54. The lowest BCUT2D eigenvalue weighted by Gasteiger charge is -2.41. The van der Waals surface area contributed by atoms with Gasteiger partial charge in [-0.3, -0.25) is 4.79 Å². The van der Waals surface area contributed by atoms with Gasteiger partial charge in [0.15, 0.2) is 5.58 Å². The summed E-state index contributed by atoms with van der Waals surface area (Å²) in [7, 11) is 1.65. The first-order valence-corrected chi connectivity index (χ1v) is 8.88. The van der Waals surface area contributed by atoms with Crippen LogP contribution in [0.4, 0.5) is 6.01 Å². The third-order valence-corrected chi connectivity index (χ3v) is 5.31. The molecule has 2 aliphatic rings. The van der Waals surface area contributed by atoms with Crippen LogP contribution in [0.3, 0.4) is 0 Å². The highest BCUT2D eigenvalue weighted by atomic mass is 35.5. The van der Waals surface area contributed by atoms with Crippen LogP contribution in [0, 0.1) is 0 Å². The average Bonchev–Trinajstić information content (AvgIpc) is 3.12. The van der Waals surface area contributed by atoms with Crippen LogP contribution in [0.1, 0.15) is 12.8 Å². The number of aromatic nitrogens is 1. The van der Waals surface area contributed by atoms with E-state index in [-0.39, 0.29) is 30.7 Å². The summed E-state index contributed by atoms with van der Waals surface area (Å²) < 4.78 is 11.5. The lowest BCUT2D eigenvalue weighted by atomic mass is 9.90. The van der Waals surface area contributed by atoms with Crippen molar-refractivity contribution >= 4 is 47.8 Å². The molecule has 150 valence electrons. The van der Waals surface area contributed by atoms with Crippen molar-refractivity contribution in [3.05, 3.63) is 24.3 Å². The Balaban J connectivity index is 0.00000131. The third kappa shape index (κ3) is 4.16. The van der Waals surface area contributed by atoms with Crippen LogP contribution in [0.2, 0.25) is 0 Å². The maximum Gasteiger partial charge on any atom is 0.298 e. The summed E-state index contributed by atoms with van der Waals surface area (Å²) in [5.41, 5.74) is 0.999. The number of rotatable bonds is 3. The number of carbonyl (C=O) groups is 1. The van der Waals surface area contributed by atoms with Crippen molar-refractivity contribution in [1.82, 2.24) is 15.2 Å². The Labute approximate surface area is 171 Å². The lowest BCUT2D eigenvalue weighted by Crippen LogP contribution is -2.59. The monoisotopic (exact) mass is 416 g/mol. The average molecular weight is 417 g/mol. The maximum atomic E-state index is 13.0. The zero-order valence-corrected chi connectivity index (χ0v) is 17.0. The van der Waals surface area contributed by atoms with Gasteiger partial charge in [0.05, 0.1) is 0 Å². The molecule has 3 heterocycles. The number of nitrogens with zero attached hydrogens (tertiary/aromatic N) is 3. The van der Waals surface area contributed by atoms with E-state index in [2.05, 4.69) is 15.2 Å². The second kappa shape index (κ2) is 9.10. The first kappa shape index (κ1) is 21.8. The zero-order valence-electron chi connectivity index (χ0n) is 15.3. The minimum Gasteiger partial charge on any atom is -0.423 e. The number of hydrogen-bond donors (Lipinski definition) is 1. The van der Waals surface area contributed by atoms with E-state index >= 15 is 0 Å². The Morgan fingerprint density at radius 1 is 1.15 bits per heavy atom. The fourth-order valence-corrected chi connectivity index (χ4v) is 3.72. The van der Waals surface area contributed by atoms with Gasteiger partial charge < -0.3 is 24.3 Å². The topological polar surface area (TPSA) is 70.8 Å². The van der Waals surface area contributed by atoms with E-state index in [9.17, 15) is 4.79 Å². The van der Waals surface area contributed by atoms with E-state index in [0.717, 1.165) is 50.1 Å². The normalized spacial score (nSPS) is 19.3. The molecule has 0 unspecified atom stereocenters. The number of methoxy groups -OCH3 is 1. The molecular formula is C18H26Cl2N4O3. The molecule has 2 aliphatic heterocycles. The molecule has 4 rings (SSSR count). The fraction of sp³-hybridized carbons (Fsp3) is 0.556. The van der Waals surface area contributed by atoms with Crippen LogP contribution in [-0.4, -0.2) is 67.8 Å². The Morgan fingerprint density at radius 2 is 1.81 bits per heavy atom. The Bertz CT molecular complexity index is 723. The number of oxazole rings is 1. The Morgan fingerprint density at radius 3 is 2.44 bits per heavy atom. The van der Waals surface area contributed by atoms with Gasteiger partial charge in [0, 0.05) is 33.3 Å². The standard InChI is InChI=1S/C18H24N4O3.2ClH/c1-24-18(6-8-19-9-7-18)16(23)21-10-12-22(13-11-21)17-20-14-4-2-3-5-15(14)25-17;;/h2-5,19H,6-13H2,1H3;2*1H. The van der Waals surface area contributed by atoms with E-state index in [1.54, 1.807) is 7.11 Å². The number of benzene rings is 1. The first-order valence-electron chi connectivity index (χ1n) is 8.88. The van der Waals surface area contributed by atoms with Crippen LogP contribution in [-0.2, 0) is 9.53 Å². The number of piperidine rings is 1. The quantitative estimate of drug-likeness (QED) is 0.825. The number of carbonyl (C=O) groups excluding carboxylic acids is 1. The molecule has 27 heavy (non-hydrogen) atoms. The maximum absolute atomic E-state index is 13.0. The SMILES string of the molecule is COC1(C(=O)N2CCN(c3nc4ccccc4o3)CC2)CCNCC1.Cl.Cl. The molecule has 0 saturated carbocycles. The highest BCUT2D eigenvalue weighted by Crippen LogP contribution is 2.27. The van der Waals surface area contributed by atoms with Crippen molar-refractivity contribution in [1.29, 1.82) is 0 Å².